The van der Waals surface area contributed by atoms with Gasteiger partial charge in [-0.25, -0.2) is 0 Å². The SMILES string of the molecule is CCC1CCCCN1C(=O)C1(C)CCNCC1. The van der Waals surface area contributed by atoms with Crippen molar-refractivity contribution in [3.05, 3.63) is 0 Å². The van der Waals surface area contributed by atoms with Crippen molar-refractivity contribution in [2.75, 3.05) is 19.6 Å². The lowest BCUT2D eigenvalue weighted by atomic mass is 9.78. The van der Waals surface area contributed by atoms with Crippen molar-refractivity contribution < 1.29 is 4.79 Å². The Morgan fingerprint density at radius 2 is 2.06 bits per heavy atom. The smallest absolute Gasteiger partial charge is 0.228 e. The second-order valence-corrected chi connectivity index (χ2v) is 5.87. The molecule has 2 rings (SSSR count). The minimum atomic E-state index is -0.101. The Morgan fingerprint density at radius 1 is 1.35 bits per heavy atom. The number of piperidine rings is 2. The van der Waals surface area contributed by atoms with Gasteiger partial charge >= 0.3 is 0 Å². The third-order valence-corrected chi connectivity index (χ3v) is 4.58. The predicted molar refractivity (Wildman–Crippen MR) is 69.9 cm³/mol. The third kappa shape index (κ3) is 2.65. The lowest BCUT2D eigenvalue weighted by Gasteiger charge is -2.42. The van der Waals surface area contributed by atoms with Crippen LogP contribution in [0.5, 0.6) is 0 Å². The lowest BCUT2D eigenvalue weighted by molar-refractivity contribution is -0.146. The van der Waals surface area contributed by atoms with Crippen molar-refractivity contribution in [3.63, 3.8) is 0 Å². The van der Waals surface area contributed by atoms with Gasteiger partial charge in [0.25, 0.3) is 0 Å². The van der Waals surface area contributed by atoms with Gasteiger partial charge in [-0.05, 0) is 51.6 Å². The molecule has 3 nitrogen and oxygen atoms in total. The van der Waals surface area contributed by atoms with Crippen molar-refractivity contribution in [1.82, 2.24) is 10.2 Å². The molecule has 2 fully saturated rings. The molecule has 0 aromatic carbocycles. The molecule has 2 aliphatic rings. The van der Waals surface area contributed by atoms with Crippen LogP contribution in [0.3, 0.4) is 0 Å². The summed E-state index contributed by atoms with van der Waals surface area (Å²) in [7, 11) is 0. The molecule has 0 spiro atoms. The fraction of sp³-hybridized carbons (Fsp3) is 0.929. The number of carbonyl (C=O) groups is 1. The molecule has 1 atom stereocenters. The summed E-state index contributed by atoms with van der Waals surface area (Å²) in [4.78, 5) is 14.9. The molecular formula is C14H26N2O. The van der Waals surface area contributed by atoms with Gasteiger partial charge in [0.05, 0.1) is 0 Å². The van der Waals surface area contributed by atoms with E-state index in [0.29, 0.717) is 11.9 Å². The molecule has 1 unspecified atom stereocenters. The van der Waals surface area contributed by atoms with E-state index < -0.39 is 0 Å². The van der Waals surface area contributed by atoms with E-state index in [4.69, 9.17) is 0 Å². The van der Waals surface area contributed by atoms with Gasteiger partial charge in [0, 0.05) is 18.0 Å². The number of amides is 1. The van der Waals surface area contributed by atoms with Crippen molar-refractivity contribution in [2.24, 2.45) is 5.41 Å². The van der Waals surface area contributed by atoms with Crippen LogP contribution in [0.4, 0.5) is 0 Å². The summed E-state index contributed by atoms with van der Waals surface area (Å²) in [6.07, 6.45) is 6.80. The highest BCUT2D eigenvalue weighted by Gasteiger charge is 2.39. The second-order valence-electron chi connectivity index (χ2n) is 5.87. The molecule has 2 saturated heterocycles. The standard InChI is InChI=1S/C14H26N2O/c1-3-12-6-4-5-11-16(12)13(17)14(2)7-9-15-10-8-14/h12,15H,3-11H2,1-2H3. The zero-order valence-electron chi connectivity index (χ0n) is 11.3. The van der Waals surface area contributed by atoms with Crippen LogP contribution in [0.2, 0.25) is 0 Å². The highest BCUT2D eigenvalue weighted by molar-refractivity contribution is 5.83. The van der Waals surface area contributed by atoms with Gasteiger partial charge in [-0.3, -0.25) is 4.79 Å². The zero-order chi connectivity index (χ0) is 12.3. The van der Waals surface area contributed by atoms with Crippen LogP contribution in [-0.2, 0) is 4.79 Å². The van der Waals surface area contributed by atoms with E-state index in [-0.39, 0.29) is 5.41 Å². The lowest BCUT2D eigenvalue weighted by Crippen LogP contribution is -2.52. The molecule has 2 heterocycles. The first-order valence-electron chi connectivity index (χ1n) is 7.19. The number of hydrogen-bond donors (Lipinski definition) is 1. The highest BCUT2D eigenvalue weighted by atomic mass is 16.2. The number of nitrogens with one attached hydrogen (secondary N) is 1. The molecule has 0 aromatic heterocycles. The van der Waals surface area contributed by atoms with Crippen LogP contribution in [0.1, 0.15) is 52.4 Å². The molecule has 2 aliphatic heterocycles. The average Bonchev–Trinajstić information content (AvgIpc) is 2.38. The number of nitrogens with zero attached hydrogens (tertiary/aromatic N) is 1. The Morgan fingerprint density at radius 3 is 2.71 bits per heavy atom. The van der Waals surface area contributed by atoms with Crippen LogP contribution < -0.4 is 5.32 Å². The minimum Gasteiger partial charge on any atom is -0.339 e. The monoisotopic (exact) mass is 238 g/mol. The average molecular weight is 238 g/mol. The summed E-state index contributed by atoms with van der Waals surface area (Å²) in [5.74, 6) is 0.422. The maximum absolute atomic E-state index is 12.7. The Bertz CT molecular complexity index is 271. The van der Waals surface area contributed by atoms with Crippen molar-refractivity contribution in [2.45, 2.75) is 58.4 Å². The van der Waals surface area contributed by atoms with Crippen molar-refractivity contribution >= 4 is 5.91 Å². The molecular weight excluding hydrogens is 212 g/mol. The van der Waals surface area contributed by atoms with E-state index in [1.54, 1.807) is 0 Å². The first-order chi connectivity index (χ1) is 8.17. The number of likely N-dealkylation sites (tertiary alicyclic amines) is 1. The first kappa shape index (κ1) is 12.9. The van der Waals surface area contributed by atoms with Gasteiger partial charge in [-0.1, -0.05) is 13.8 Å². The van der Waals surface area contributed by atoms with Crippen LogP contribution >= 0.6 is 0 Å². The van der Waals surface area contributed by atoms with Crippen molar-refractivity contribution in [3.8, 4) is 0 Å². The molecule has 17 heavy (non-hydrogen) atoms. The van der Waals surface area contributed by atoms with Gasteiger partial charge in [0.2, 0.25) is 5.91 Å². The van der Waals surface area contributed by atoms with Gasteiger partial charge in [0.1, 0.15) is 0 Å². The number of carbonyl (C=O) groups excluding carboxylic acids is 1. The van der Waals surface area contributed by atoms with E-state index in [1.807, 2.05) is 0 Å². The van der Waals surface area contributed by atoms with Crippen LogP contribution in [0, 0.1) is 5.41 Å². The molecule has 0 aliphatic carbocycles. The molecule has 0 radical (unpaired) electrons. The first-order valence-corrected chi connectivity index (χ1v) is 7.19. The largest absolute Gasteiger partial charge is 0.339 e. The summed E-state index contributed by atoms with van der Waals surface area (Å²) in [6, 6.07) is 0.503. The van der Waals surface area contributed by atoms with Crippen LogP contribution in [-0.4, -0.2) is 36.5 Å². The second kappa shape index (κ2) is 5.38. The topological polar surface area (TPSA) is 32.3 Å². The van der Waals surface area contributed by atoms with Gasteiger partial charge < -0.3 is 10.2 Å². The third-order valence-electron chi connectivity index (χ3n) is 4.58. The van der Waals surface area contributed by atoms with E-state index in [1.165, 1.54) is 19.3 Å². The summed E-state index contributed by atoms with van der Waals surface area (Å²) in [5, 5.41) is 3.35. The van der Waals surface area contributed by atoms with E-state index in [0.717, 1.165) is 38.9 Å². The maximum atomic E-state index is 12.7. The molecule has 1 N–H and O–H groups in total. The number of rotatable bonds is 2. The molecule has 0 saturated carbocycles. The molecule has 0 bridgehead atoms. The summed E-state index contributed by atoms with van der Waals surface area (Å²) in [6.45, 7) is 7.35. The summed E-state index contributed by atoms with van der Waals surface area (Å²) in [5.41, 5.74) is -0.101. The van der Waals surface area contributed by atoms with E-state index in [2.05, 4.69) is 24.1 Å². The van der Waals surface area contributed by atoms with E-state index >= 15 is 0 Å². The number of hydrogen-bond acceptors (Lipinski definition) is 2. The molecule has 1 amide bonds. The van der Waals surface area contributed by atoms with Crippen LogP contribution in [0.15, 0.2) is 0 Å². The van der Waals surface area contributed by atoms with Crippen molar-refractivity contribution in [1.29, 1.82) is 0 Å². The Labute approximate surface area is 105 Å². The fourth-order valence-corrected chi connectivity index (χ4v) is 3.23. The molecule has 3 heteroatoms. The van der Waals surface area contributed by atoms with Gasteiger partial charge in [-0.2, -0.15) is 0 Å². The zero-order valence-corrected chi connectivity index (χ0v) is 11.3. The predicted octanol–water partition coefficient (Wildman–Crippen LogP) is 2.17. The minimum absolute atomic E-state index is 0.101. The highest BCUT2D eigenvalue weighted by Crippen LogP contribution is 2.33. The fourth-order valence-electron chi connectivity index (χ4n) is 3.23. The van der Waals surface area contributed by atoms with Crippen LogP contribution in [0.25, 0.3) is 0 Å². The maximum Gasteiger partial charge on any atom is 0.228 e. The Balaban J connectivity index is 2.06. The Hall–Kier alpha value is -0.570. The quantitative estimate of drug-likeness (QED) is 0.799. The molecule has 0 aromatic rings. The normalized spacial score (nSPS) is 29.1. The summed E-state index contributed by atoms with van der Waals surface area (Å²) >= 11 is 0. The molecule has 98 valence electrons. The summed E-state index contributed by atoms with van der Waals surface area (Å²) < 4.78 is 0. The van der Waals surface area contributed by atoms with Gasteiger partial charge in [-0.15, -0.1) is 0 Å². The Kier molecular flexibility index (Phi) is 4.08. The van der Waals surface area contributed by atoms with E-state index in [9.17, 15) is 4.79 Å². The van der Waals surface area contributed by atoms with Gasteiger partial charge in [0.15, 0.2) is 0 Å².